The molecule has 2 aromatic rings. The minimum atomic E-state index is -0.379. The molecule has 3 nitrogen and oxygen atoms in total. The van der Waals surface area contributed by atoms with Crippen molar-refractivity contribution >= 4 is 17.7 Å². The van der Waals surface area contributed by atoms with E-state index in [-0.39, 0.29) is 5.91 Å². The van der Waals surface area contributed by atoms with Crippen LogP contribution in [0.5, 0.6) is 0 Å². The summed E-state index contributed by atoms with van der Waals surface area (Å²) < 4.78 is 0. The first-order valence-electron chi connectivity index (χ1n) is 7.62. The molecule has 2 aromatic carbocycles. The van der Waals surface area contributed by atoms with E-state index in [1.807, 2.05) is 12.1 Å². The summed E-state index contributed by atoms with van der Waals surface area (Å²) in [6, 6.07) is 18.0. The quantitative estimate of drug-likeness (QED) is 0.941. The normalized spacial score (nSPS) is 14.7. The molecular formula is C19H20N2O. The number of benzene rings is 2. The summed E-state index contributed by atoms with van der Waals surface area (Å²) in [6.45, 7) is 2.10. The Balaban J connectivity index is 1.64. The van der Waals surface area contributed by atoms with Gasteiger partial charge in [-0.25, -0.2) is 0 Å². The average molecular weight is 292 g/mol. The summed E-state index contributed by atoms with van der Waals surface area (Å²) in [7, 11) is 0. The summed E-state index contributed by atoms with van der Waals surface area (Å²) in [6.07, 6.45) is 4.38. The topological polar surface area (TPSA) is 46.3 Å². The number of amides is 1. The molecule has 1 heterocycles. The average Bonchev–Trinajstić information content (AvgIpc) is 2.57. The van der Waals surface area contributed by atoms with Crippen LogP contribution in [0, 0.1) is 0 Å². The van der Waals surface area contributed by atoms with E-state index in [1.54, 1.807) is 12.1 Å². The van der Waals surface area contributed by atoms with Crippen LogP contribution >= 0.6 is 0 Å². The maximum absolute atomic E-state index is 11.1. The Morgan fingerprint density at radius 1 is 0.955 bits per heavy atom. The van der Waals surface area contributed by atoms with Gasteiger partial charge in [-0.15, -0.1) is 0 Å². The van der Waals surface area contributed by atoms with Crippen molar-refractivity contribution in [3.8, 4) is 0 Å². The van der Waals surface area contributed by atoms with Crippen LogP contribution in [0.25, 0.3) is 6.08 Å². The van der Waals surface area contributed by atoms with Gasteiger partial charge in [0.05, 0.1) is 0 Å². The Labute approximate surface area is 131 Å². The van der Waals surface area contributed by atoms with Crippen LogP contribution in [-0.2, 0) is 0 Å². The first-order valence-corrected chi connectivity index (χ1v) is 7.62. The van der Waals surface area contributed by atoms with Gasteiger partial charge in [0.2, 0.25) is 5.91 Å². The molecule has 22 heavy (non-hydrogen) atoms. The summed E-state index contributed by atoms with van der Waals surface area (Å²) >= 11 is 0. The van der Waals surface area contributed by atoms with Crippen LogP contribution in [-0.4, -0.2) is 19.0 Å². The highest BCUT2D eigenvalue weighted by molar-refractivity contribution is 5.92. The van der Waals surface area contributed by atoms with Crippen molar-refractivity contribution in [2.75, 3.05) is 18.0 Å². The summed E-state index contributed by atoms with van der Waals surface area (Å²) in [4.78, 5) is 13.5. The van der Waals surface area contributed by atoms with Gasteiger partial charge in [-0.2, -0.15) is 0 Å². The molecule has 0 saturated carbocycles. The zero-order valence-corrected chi connectivity index (χ0v) is 12.5. The van der Waals surface area contributed by atoms with Gasteiger partial charge in [0.25, 0.3) is 0 Å². The highest BCUT2D eigenvalue weighted by Gasteiger charge is 2.13. The SMILES string of the molecule is NC(=O)c1ccc(C=C2CCN(c3ccccc3)CC2)cc1. The van der Waals surface area contributed by atoms with Gasteiger partial charge in [0.15, 0.2) is 0 Å². The maximum Gasteiger partial charge on any atom is 0.248 e. The van der Waals surface area contributed by atoms with Crippen molar-refractivity contribution in [2.24, 2.45) is 5.73 Å². The van der Waals surface area contributed by atoms with E-state index in [0.29, 0.717) is 5.56 Å². The highest BCUT2D eigenvalue weighted by atomic mass is 16.1. The summed E-state index contributed by atoms with van der Waals surface area (Å²) in [5.41, 5.74) is 9.70. The van der Waals surface area contributed by atoms with Crippen molar-refractivity contribution in [2.45, 2.75) is 12.8 Å². The second-order valence-corrected chi connectivity index (χ2v) is 5.61. The van der Waals surface area contributed by atoms with Gasteiger partial charge >= 0.3 is 0 Å². The maximum atomic E-state index is 11.1. The molecule has 0 radical (unpaired) electrons. The molecule has 0 unspecified atom stereocenters. The lowest BCUT2D eigenvalue weighted by Gasteiger charge is -2.30. The molecule has 0 aliphatic carbocycles. The smallest absolute Gasteiger partial charge is 0.248 e. The largest absolute Gasteiger partial charge is 0.371 e. The van der Waals surface area contributed by atoms with Crippen LogP contribution in [0.3, 0.4) is 0 Å². The Bertz CT molecular complexity index is 664. The number of nitrogens with two attached hydrogens (primary N) is 1. The number of para-hydroxylation sites is 1. The zero-order chi connectivity index (χ0) is 15.4. The number of piperidine rings is 1. The minimum Gasteiger partial charge on any atom is -0.371 e. The number of carbonyl (C=O) groups is 1. The molecule has 0 atom stereocenters. The first-order chi connectivity index (χ1) is 10.7. The van der Waals surface area contributed by atoms with Gasteiger partial charge in [0, 0.05) is 24.3 Å². The number of hydrogen-bond donors (Lipinski definition) is 1. The molecule has 2 N–H and O–H groups in total. The Hall–Kier alpha value is -2.55. The molecule has 1 aliphatic heterocycles. The van der Waals surface area contributed by atoms with E-state index in [4.69, 9.17) is 5.73 Å². The molecule has 1 fully saturated rings. The fourth-order valence-corrected chi connectivity index (χ4v) is 2.81. The number of nitrogens with zero attached hydrogens (tertiary/aromatic N) is 1. The van der Waals surface area contributed by atoms with Crippen LogP contribution in [0.1, 0.15) is 28.8 Å². The van der Waals surface area contributed by atoms with Crippen LogP contribution in [0.15, 0.2) is 60.2 Å². The lowest BCUT2D eigenvalue weighted by molar-refractivity contribution is 0.100. The van der Waals surface area contributed by atoms with Crippen molar-refractivity contribution in [1.29, 1.82) is 0 Å². The van der Waals surface area contributed by atoms with Gasteiger partial charge in [-0.1, -0.05) is 42.0 Å². The predicted octanol–water partition coefficient (Wildman–Crippen LogP) is 3.47. The van der Waals surface area contributed by atoms with Crippen molar-refractivity contribution < 1.29 is 4.79 Å². The van der Waals surface area contributed by atoms with E-state index in [0.717, 1.165) is 31.5 Å². The van der Waals surface area contributed by atoms with Gasteiger partial charge < -0.3 is 10.6 Å². The van der Waals surface area contributed by atoms with E-state index < -0.39 is 0 Å². The standard InChI is InChI=1S/C19H20N2O/c20-19(22)17-8-6-15(7-9-17)14-16-10-12-21(13-11-16)18-4-2-1-3-5-18/h1-9,14H,10-13H2,(H2,20,22). The molecule has 0 spiro atoms. The van der Waals surface area contributed by atoms with Gasteiger partial charge in [-0.05, 0) is 42.7 Å². The third-order valence-electron chi connectivity index (χ3n) is 4.09. The fourth-order valence-electron chi connectivity index (χ4n) is 2.81. The van der Waals surface area contributed by atoms with E-state index in [1.165, 1.54) is 11.3 Å². The van der Waals surface area contributed by atoms with Crippen molar-refractivity contribution in [1.82, 2.24) is 0 Å². The Morgan fingerprint density at radius 3 is 2.18 bits per heavy atom. The van der Waals surface area contributed by atoms with E-state index >= 15 is 0 Å². The van der Waals surface area contributed by atoms with E-state index in [9.17, 15) is 4.79 Å². The Morgan fingerprint density at radius 2 is 1.59 bits per heavy atom. The van der Waals surface area contributed by atoms with Gasteiger partial charge in [-0.3, -0.25) is 4.79 Å². The van der Waals surface area contributed by atoms with Gasteiger partial charge in [0.1, 0.15) is 0 Å². The van der Waals surface area contributed by atoms with Crippen molar-refractivity contribution in [3.63, 3.8) is 0 Å². The number of rotatable bonds is 3. The molecule has 3 rings (SSSR count). The molecular weight excluding hydrogens is 272 g/mol. The Kier molecular flexibility index (Phi) is 4.24. The van der Waals surface area contributed by atoms with Crippen molar-refractivity contribution in [3.05, 3.63) is 71.3 Å². The molecule has 0 bridgehead atoms. The lowest BCUT2D eigenvalue weighted by atomic mass is 10.00. The highest BCUT2D eigenvalue weighted by Crippen LogP contribution is 2.24. The first kappa shape index (κ1) is 14.4. The predicted molar refractivity (Wildman–Crippen MR) is 90.8 cm³/mol. The molecule has 1 amide bonds. The van der Waals surface area contributed by atoms with Crippen LogP contribution in [0.2, 0.25) is 0 Å². The molecule has 1 saturated heterocycles. The monoisotopic (exact) mass is 292 g/mol. The lowest BCUT2D eigenvalue weighted by Crippen LogP contribution is -2.30. The van der Waals surface area contributed by atoms with E-state index in [2.05, 4.69) is 41.3 Å². The van der Waals surface area contributed by atoms with Crippen LogP contribution < -0.4 is 10.6 Å². The molecule has 3 heteroatoms. The zero-order valence-electron chi connectivity index (χ0n) is 12.5. The second kappa shape index (κ2) is 6.48. The minimum absolute atomic E-state index is 0.379. The molecule has 112 valence electrons. The number of anilines is 1. The molecule has 0 aromatic heterocycles. The number of hydrogen-bond acceptors (Lipinski definition) is 2. The summed E-state index contributed by atoms with van der Waals surface area (Å²) in [5, 5.41) is 0. The van der Waals surface area contributed by atoms with Crippen LogP contribution in [0.4, 0.5) is 5.69 Å². The summed E-state index contributed by atoms with van der Waals surface area (Å²) in [5.74, 6) is -0.379. The number of primary amides is 1. The fraction of sp³-hybridized carbons (Fsp3) is 0.211. The third-order valence-corrected chi connectivity index (χ3v) is 4.09. The molecule has 1 aliphatic rings. The second-order valence-electron chi connectivity index (χ2n) is 5.61. The number of carbonyl (C=O) groups excluding carboxylic acids is 1. The third kappa shape index (κ3) is 3.37.